The number of nitrogens with one attached hydrogen (secondary N) is 3. The molecule has 3 rings (SSSR count). The number of fused-ring (bicyclic) bond motifs is 1. The van der Waals surface area contributed by atoms with Gasteiger partial charge >= 0.3 is 0 Å². The lowest BCUT2D eigenvalue weighted by molar-refractivity contribution is 0.374. The highest BCUT2D eigenvalue weighted by Gasteiger charge is 2.32. The Balaban J connectivity index is 1.51. The standard InChI is InChI=1S/C13H24N4/c1-2-4-12-11(3-1)16-13(17-12)15-9-10-5-7-14-8-6-10/h10-12,14H,1-9H2,(H2,15,16,17). The van der Waals surface area contributed by atoms with Gasteiger partial charge in [-0.15, -0.1) is 0 Å². The van der Waals surface area contributed by atoms with Crippen LogP contribution in [-0.2, 0) is 0 Å². The van der Waals surface area contributed by atoms with Gasteiger partial charge in [-0.25, -0.2) is 0 Å². The van der Waals surface area contributed by atoms with Gasteiger partial charge in [0.15, 0.2) is 5.96 Å². The molecule has 2 aliphatic heterocycles. The molecule has 0 radical (unpaired) electrons. The Labute approximate surface area is 104 Å². The van der Waals surface area contributed by atoms with Crippen LogP contribution >= 0.6 is 0 Å². The molecule has 3 fully saturated rings. The van der Waals surface area contributed by atoms with E-state index in [4.69, 9.17) is 4.99 Å². The molecule has 0 amide bonds. The lowest BCUT2D eigenvalue weighted by atomic mass is 9.92. The molecular weight excluding hydrogens is 212 g/mol. The van der Waals surface area contributed by atoms with Crippen LogP contribution in [0.4, 0.5) is 0 Å². The fourth-order valence-corrected chi connectivity index (χ4v) is 3.25. The van der Waals surface area contributed by atoms with Crippen LogP contribution in [0.5, 0.6) is 0 Å². The molecule has 4 heteroatoms. The van der Waals surface area contributed by atoms with Crippen molar-refractivity contribution in [3.05, 3.63) is 0 Å². The summed E-state index contributed by atoms with van der Waals surface area (Å²) in [6.07, 6.45) is 7.93. The van der Waals surface area contributed by atoms with Crippen LogP contribution in [0.25, 0.3) is 0 Å². The number of hydrogen-bond donors (Lipinski definition) is 3. The molecule has 0 bridgehead atoms. The maximum absolute atomic E-state index is 4.74. The minimum Gasteiger partial charge on any atom is -0.352 e. The molecule has 3 N–H and O–H groups in total. The van der Waals surface area contributed by atoms with Gasteiger partial charge in [0.05, 0.1) is 0 Å². The SMILES string of the molecule is C1CCC2NC(=NCC3CCNCC3)NC2C1. The van der Waals surface area contributed by atoms with E-state index in [9.17, 15) is 0 Å². The van der Waals surface area contributed by atoms with Crippen molar-refractivity contribution < 1.29 is 0 Å². The van der Waals surface area contributed by atoms with Crippen LogP contribution in [0.1, 0.15) is 38.5 Å². The lowest BCUT2D eigenvalue weighted by Crippen LogP contribution is -2.36. The van der Waals surface area contributed by atoms with Gasteiger partial charge in [0.1, 0.15) is 0 Å². The first-order chi connectivity index (χ1) is 8.42. The second kappa shape index (κ2) is 5.25. The summed E-state index contributed by atoms with van der Waals surface area (Å²) < 4.78 is 0. The fraction of sp³-hybridized carbons (Fsp3) is 0.923. The summed E-state index contributed by atoms with van der Waals surface area (Å²) in [6, 6.07) is 1.30. The zero-order valence-electron chi connectivity index (χ0n) is 10.5. The molecule has 1 aliphatic carbocycles. The topological polar surface area (TPSA) is 48.5 Å². The first-order valence-corrected chi connectivity index (χ1v) is 7.20. The summed E-state index contributed by atoms with van der Waals surface area (Å²) in [5.74, 6) is 1.86. The number of guanidine groups is 1. The Kier molecular flexibility index (Phi) is 3.50. The zero-order valence-corrected chi connectivity index (χ0v) is 10.5. The third kappa shape index (κ3) is 2.73. The number of hydrogen-bond acceptors (Lipinski definition) is 2. The van der Waals surface area contributed by atoms with Crippen molar-refractivity contribution in [2.45, 2.75) is 50.6 Å². The first kappa shape index (κ1) is 11.3. The highest BCUT2D eigenvalue weighted by Crippen LogP contribution is 2.21. The molecule has 0 spiro atoms. The molecule has 2 unspecified atom stereocenters. The normalized spacial score (nSPS) is 33.8. The van der Waals surface area contributed by atoms with Gasteiger partial charge in [-0.05, 0) is 44.7 Å². The van der Waals surface area contributed by atoms with Gasteiger partial charge in [0.2, 0.25) is 0 Å². The van der Waals surface area contributed by atoms with Crippen molar-refractivity contribution in [1.82, 2.24) is 16.0 Å². The van der Waals surface area contributed by atoms with Gasteiger partial charge in [-0.1, -0.05) is 12.8 Å². The van der Waals surface area contributed by atoms with Gasteiger partial charge < -0.3 is 16.0 Å². The molecule has 2 heterocycles. The van der Waals surface area contributed by atoms with Crippen LogP contribution in [0.15, 0.2) is 4.99 Å². The molecule has 3 aliphatic rings. The highest BCUT2D eigenvalue weighted by molar-refractivity contribution is 5.82. The lowest BCUT2D eigenvalue weighted by Gasteiger charge is -2.23. The Bertz CT molecular complexity index is 267. The Morgan fingerprint density at radius 2 is 1.59 bits per heavy atom. The molecule has 17 heavy (non-hydrogen) atoms. The smallest absolute Gasteiger partial charge is 0.191 e. The minimum atomic E-state index is 0.649. The van der Waals surface area contributed by atoms with E-state index in [1.807, 2.05) is 0 Å². The van der Waals surface area contributed by atoms with Crippen molar-refractivity contribution in [3.63, 3.8) is 0 Å². The zero-order chi connectivity index (χ0) is 11.5. The highest BCUT2D eigenvalue weighted by atomic mass is 15.3. The van der Waals surface area contributed by atoms with Crippen molar-refractivity contribution in [3.8, 4) is 0 Å². The molecule has 2 saturated heterocycles. The van der Waals surface area contributed by atoms with Crippen molar-refractivity contribution in [1.29, 1.82) is 0 Å². The third-order valence-electron chi connectivity index (χ3n) is 4.38. The van der Waals surface area contributed by atoms with E-state index in [1.165, 1.54) is 51.6 Å². The Hall–Kier alpha value is -0.770. The first-order valence-electron chi connectivity index (χ1n) is 7.20. The van der Waals surface area contributed by atoms with Crippen LogP contribution in [-0.4, -0.2) is 37.7 Å². The van der Waals surface area contributed by atoms with E-state index in [2.05, 4.69) is 16.0 Å². The van der Waals surface area contributed by atoms with Gasteiger partial charge in [-0.2, -0.15) is 0 Å². The Morgan fingerprint density at radius 3 is 2.24 bits per heavy atom. The van der Waals surface area contributed by atoms with Crippen molar-refractivity contribution >= 4 is 5.96 Å². The van der Waals surface area contributed by atoms with Gasteiger partial charge in [0.25, 0.3) is 0 Å². The van der Waals surface area contributed by atoms with E-state index in [0.29, 0.717) is 12.1 Å². The predicted octanol–water partition coefficient (Wildman–Crippen LogP) is 0.846. The molecule has 2 atom stereocenters. The summed E-state index contributed by atoms with van der Waals surface area (Å²) in [5.41, 5.74) is 0. The average molecular weight is 236 g/mol. The molecular formula is C13H24N4. The van der Waals surface area contributed by atoms with E-state index >= 15 is 0 Å². The second-order valence-electron chi connectivity index (χ2n) is 5.67. The maximum Gasteiger partial charge on any atom is 0.191 e. The summed E-state index contributed by atoms with van der Waals surface area (Å²) in [4.78, 5) is 4.74. The molecule has 4 nitrogen and oxygen atoms in total. The molecule has 96 valence electrons. The average Bonchev–Trinajstić information content (AvgIpc) is 2.80. The molecule has 0 aromatic rings. The molecule has 0 aromatic heterocycles. The third-order valence-corrected chi connectivity index (χ3v) is 4.38. The van der Waals surface area contributed by atoms with E-state index in [0.717, 1.165) is 18.4 Å². The summed E-state index contributed by atoms with van der Waals surface area (Å²) in [7, 11) is 0. The maximum atomic E-state index is 4.74. The quantitative estimate of drug-likeness (QED) is 0.666. The second-order valence-corrected chi connectivity index (χ2v) is 5.67. The number of nitrogens with zero attached hydrogens (tertiary/aromatic N) is 1. The summed E-state index contributed by atoms with van der Waals surface area (Å²) >= 11 is 0. The summed E-state index contributed by atoms with van der Waals surface area (Å²) in [6.45, 7) is 3.33. The van der Waals surface area contributed by atoms with E-state index < -0.39 is 0 Å². The van der Waals surface area contributed by atoms with E-state index in [-0.39, 0.29) is 0 Å². The Morgan fingerprint density at radius 1 is 0.941 bits per heavy atom. The predicted molar refractivity (Wildman–Crippen MR) is 70.2 cm³/mol. The van der Waals surface area contributed by atoms with Gasteiger partial charge in [-0.3, -0.25) is 4.99 Å². The minimum absolute atomic E-state index is 0.649. The largest absolute Gasteiger partial charge is 0.352 e. The fourth-order valence-electron chi connectivity index (χ4n) is 3.25. The molecule has 1 saturated carbocycles. The van der Waals surface area contributed by atoms with Gasteiger partial charge in [0, 0.05) is 18.6 Å². The van der Waals surface area contributed by atoms with Crippen LogP contribution in [0, 0.1) is 5.92 Å². The van der Waals surface area contributed by atoms with Crippen LogP contribution in [0.3, 0.4) is 0 Å². The summed E-state index contributed by atoms with van der Waals surface area (Å²) in [5, 5.41) is 10.5. The van der Waals surface area contributed by atoms with Crippen molar-refractivity contribution in [2.75, 3.05) is 19.6 Å². The number of piperidine rings is 1. The number of rotatable bonds is 2. The number of aliphatic imine (C=N–C) groups is 1. The monoisotopic (exact) mass is 236 g/mol. The van der Waals surface area contributed by atoms with Crippen LogP contribution in [0.2, 0.25) is 0 Å². The van der Waals surface area contributed by atoms with Crippen LogP contribution < -0.4 is 16.0 Å². The van der Waals surface area contributed by atoms with E-state index in [1.54, 1.807) is 0 Å². The molecule has 0 aromatic carbocycles. The van der Waals surface area contributed by atoms with Crippen molar-refractivity contribution in [2.24, 2.45) is 10.9 Å².